The number of hydrogen-bond donors (Lipinski definition) is 1. The van der Waals surface area contributed by atoms with Crippen molar-refractivity contribution in [3.63, 3.8) is 0 Å². The quantitative estimate of drug-likeness (QED) is 0.755. The minimum Gasteiger partial charge on any atom is -0.352 e. The van der Waals surface area contributed by atoms with Crippen LogP contribution >= 0.6 is 0 Å². The number of amides is 1. The lowest BCUT2D eigenvalue weighted by atomic mass is 10.1. The van der Waals surface area contributed by atoms with E-state index in [1.807, 2.05) is 50.3 Å². The fourth-order valence-electron chi connectivity index (χ4n) is 1.43. The summed E-state index contributed by atoms with van der Waals surface area (Å²) in [4.78, 5) is 11.8. The van der Waals surface area contributed by atoms with Crippen LogP contribution in [-0.2, 0) is 4.79 Å². The average Bonchev–Trinajstić information content (AvgIpc) is 2.34. The number of nitrogens with one attached hydrogen (secondary N) is 1. The summed E-state index contributed by atoms with van der Waals surface area (Å²) in [6.45, 7) is 4.79. The molecule has 0 aliphatic heterocycles. The lowest BCUT2D eigenvalue weighted by Crippen LogP contribution is -2.25. The monoisotopic (exact) mass is 217 g/mol. The van der Waals surface area contributed by atoms with Gasteiger partial charge in [0.25, 0.3) is 0 Å². The first-order valence-electron chi connectivity index (χ1n) is 5.81. The number of hydrogen-bond acceptors (Lipinski definition) is 1. The topological polar surface area (TPSA) is 29.1 Å². The van der Waals surface area contributed by atoms with Gasteiger partial charge in [0.2, 0.25) is 5.91 Å². The highest BCUT2D eigenvalue weighted by Crippen LogP contribution is 2.09. The minimum atomic E-state index is 0.0493. The van der Waals surface area contributed by atoms with Crippen molar-refractivity contribution in [3.8, 4) is 0 Å². The minimum absolute atomic E-state index is 0.0493. The molecule has 0 fully saturated rings. The molecule has 0 radical (unpaired) electrons. The first-order valence-corrected chi connectivity index (χ1v) is 5.81. The third-order valence-electron chi connectivity index (χ3n) is 2.35. The van der Waals surface area contributed by atoms with Crippen molar-refractivity contribution in [2.75, 3.05) is 6.54 Å². The Labute approximate surface area is 97.4 Å². The number of carbonyl (C=O) groups is 1. The summed E-state index contributed by atoms with van der Waals surface area (Å²) >= 11 is 0. The Balaban J connectivity index is 2.74. The van der Waals surface area contributed by atoms with Gasteiger partial charge in [-0.05, 0) is 24.5 Å². The number of carbonyl (C=O) groups excluding carboxylic acids is 1. The van der Waals surface area contributed by atoms with Gasteiger partial charge in [-0.1, -0.05) is 44.2 Å². The Kier molecular flexibility index (Phi) is 5.34. The molecule has 1 aromatic rings. The van der Waals surface area contributed by atoms with E-state index in [1.165, 1.54) is 0 Å². The highest BCUT2D eigenvalue weighted by atomic mass is 16.1. The molecule has 0 atom stereocenters. The Morgan fingerprint density at radius 3 is 2.50 bits per heavy atom. The maximum atomic E-state index is 11.8. The van der Waals surface area contributed by atoms with Crippen molar-refractivity contribution < 1.29 is 4.79 Å². The van der Waals surface area contributed by atoms with Crippen LogP contribution in [0.4, 0.5) is 0 Å². The standard InChI is InChI=1S/C14H19NO/c1-3-10-15-14(16)13(4-2)11-12-8-6-5-7-9-12/h5-9,11H,3-4,10H2,1-2H3,(H,15,16)/b13-11+. The van der Waals surface area contributed by atoms with Crippen LogP contribution in [0.15, 0.2) is 35.9 Å². The van der Waals surface area contributed by atoms with Gasteiger partial charge in [0.05, 0.1) is 0 Å². The molecule has 0 bridgehead atoms. The lowest BCUT2D eigenvalue weighted by molar-refractivity contribution is -0.117. The molecule has 16 heavy (non-hydrogen) atoms. The molecular formula is C14H19NO. The normalized spacial score (nSPS) is 11.2. The maximum absolute atomic E-state index is 11.8. The molecule has 0 saturated heterocycles. The van der Waals surface area contributed by atoms with Crippen LogP contribution in [0.3, 0.4) is 0 Å². The van der Waals surface area contributed by atoms with E-state index in [4.69, 9.17) is 0 Å². The zero-order chi connectivity index (χ0) is 11.8. The van der Waals surface area contributed by atoms with Gasteiger partial charge in [-0.15, -0.1) is 0 Å². The summed E-state index contributed by atoms with van der Waals surface area (Å²) in [5, 5.41) is 2.90. The molecule has 2 nitrogen and oxygen atoms in total. The van der Waals surface area contributed by atoms with Crippen molar-refractivity contribution in [1.29, 1.82) is 0 Å². The highest BCUT2D eigenvalue weighted by molar-refractivity contribution is 5.97. The smallest absolute Gasteiger partial charge is 0.247 e. The summed E-state index contributed by atoms with van der Waals surface area (Å²) in [6.07, 6.45) is 3.67. The Morgan fingerprint density at radius 1 is 1.25 bits per heavy atom. The fourth-order valence-corrected chi connectivity index (χ4v) is 1.43. The molecular weight excluding hydrogens is 198 g/mol. The van der Waals surface area contributed by atoms with Crippen molar-refractivity contribution in [3.05, 3.63) is 41.5 Å². The molecule has 0 heterocycles. The number of rotatable bonds is 5. The fraction of sp³-hybridized carbons (Fsp3) is 0.357. The average molecular weight is 217 g/mol. The van der Waals surface area contributed by atoms with Gasteiger partial charge in [-0.2, -0.15) is 0 Å². The molecule has 86 valence electrons. The molecule has 2 heteroatoms. The van der Waals surface area contributed by atoms with Gasteiger partial charge < -0.3 is 5.32 Å². The SMILES string of the molecule is CCCNC(=O)/C(=C/c1ccccc1)CC. The van der Waals surface area contributed by atoms with Gasteiger partial charge in [0.1, 0.15) is 0 Å². The van der Waals surface area contributed by atoms with Crippen LogP contribution in [-0.4, -0.2) is 12.5 Å². The van der Waals surface area contributed by atoms with Crippen LogP contribution in [0, 0.1) is 0 Å². The molecule has 1 aromatic carbocycles. The van der Waals surface area contributed by atoms with Crippen LogP contribution in [0.5, 0.6) is 0 Å². The molecule has 0 spiro atoms. The Morgan fingerprint density at radius 2 is 1.94 bits per heavy atom. The highest BCUT2D eigenvalue weighted by Gasteiger charge is 2.05. The molecule has 0 aliphatic rings. The van der Waals surface area contributed by atoms with Gasteiger partial charge in [-0.25, -0.2) is 0 Å². The second kappa shape index (κ2) is 6.83. The van der Waals surface area contributed by atoms with Crippen LogP contribution in [0.2, 0.25) is 0 Å². The lowest BCUT2D eigenvalue weighted by Gasteiger charge is -2.06. The molecule has 0 unspecified atom stereocenters. The van der Waals surface area contributed by atoms with E-state index in [-0.39, 0.29) is 5.91 Å². The van der Waals surface area contributed by atoms with Crippen LogP contribution in [0.25, 0.3) is 6.08 Å². The van der Waals surface area contributed by atoms with Crippen molar-refractivity contribution in [2.45, 2.75) is 26.7 Å². The summed E-state index contributed by atoms with van der Waals surface area (Å²) in [5.74, 6) is 0.0493. The van der Waals surface area contributed by atoms with Crippen molar-refractivity contribution in [2.24, 2.45) is 0 Å². The molecule has 1 N–H and O–H groups in total. The van der Waals surface area contributed by atoms with E-state index in [0.717, 1.165) is 30.5 Å². The van der Waals surface area contributed by atoms with E-state index >= 15 is 0 Å². The van der Waals surface area contributed by atoms with E-state index in [2.05, 4.69) is 5.32 Å². The molecule has 0 saturated carbocycles. The van der Waals surface area contributed by atoms with E-state index in [1.54, 1.807) is 0 Å². The van der Waals surface area contributed by atoms with Gasteiger partial charge in [-0.3, -0.25) is 4.79 Å². The first kappa shape index (κ1) is 12.5. The second-order valence-corrected chi connectivity index (χ2v) is 3.69. The first-order chi connectivity index (χ1) is 7.77. The van der Waals surface area contributed by atoms with Gasteiger partial charge >= 0.3 is 0 Å². The van der Waals surface area contributed by atoms with E-state index < -0.39 is 0 Å². The Bertz CT molecular complexity index is 354. The van der Waals surface area contributed by atoms with Gasteiger partial charge in [0, 0.05) is 12.1 Å². The molecule has 0 aliphatic carbocycles. The number of benzene rings is 1. The zero-order valence-corrected chi connectivity index (χ0v) is 9.99. The maximum Gasteiger partial charge on any atom is 0.247 e. The van der Waals surface area contributed by atoms with Crippen molar-refractivity contribution >= 4 is 12.0 Å². The van der Waals surface area contributed by atoms with E-state index in [9.17, 15) is 4.79 Å². The van der Waals surface area contributed by atoms with Gasteiger partial charge in [0.15, 0.2) is 0 Å². The third kappa shape index (κ3) is 3.89. The zero-order valence-electron chi connectivity index (χ0n) is 9.99. The summed E-state index contributed by atoms with van der Waals surface area (Å²) in [7, 11) is 0. The van der Waals surface area contributed by atoms with E-state index in [0.29, 0.717) is 0 Å². The predicted octanol–water partition coefficient (Wildman–Crippen LogP) is 3.01. The Hall–Kier alpha value is -1.57. The predicted molar refractivity (Wildman–Crippen MR) is 68.0 cm³/mol. The summed E-state index contributed by atoms with van der Waals surface area (Å²) in [6, 6.07) is 9.93. The summed E-state index contributed by atoms with van der Waals surface area (Å²) < 4.78 is 0. The summed E-state index contributed by atoms with van der Waals surface area (Å²) in [5.41, 5.74) is 1.91. The largest absolute Gasteiger partial charge is 0.352 e. The third-order valence-corrected chi connectivity index (χ3v) is 2.35. The second-order valence-electron chi connectivity index (χ2n) is 3.69. The van der Waals surface area contributed by atoms with Crippen LogP contribution < -0.4 is 5.32 Å². The molecule has 0 aromatic heterocycles. The molecule has 1 rings (SSSR count). The van der Waals surface area contributed by atoms with Crippen LogP contribution in [0.1, 0.15) is 32.3 Å². The van der Waals surface area contributed by atoms with Crippen molar-refractivity contribution in [1.82, 2.24) is 5.32 Å². The molecule has 1 amide bonds.